The number of halogens is 1. The highest BCUT2D eigenvalue weighted by Gasteiger charge is 2.13. The van der Waals surface area contributed by atoms with E-state index < -0.39 is 5.76 Å². The smallest absolute Gasteiger partial charge is 0.408 e. The zero-order chi connectivity index (χ0) is 16.6. The molecule has 23 heavy (non-hydrogen) atoms. The first-order valence-corrected chi connectivity index (χ1v) is 7.48. The average molecular weight is 331 g/mol. The molecule has 0 aliphatic rings. The Kier molecular flexibility index (Phi) is 3.96. The summed E-state index contributed by atoms with van der Waals surface area (Å²) in [5, 5.41) is 3.30. The van der Waals surface area contributed by atoms with Crippen molar-refractivity contribution in [2.75, 3.05) is 5.32 Å². The standard InChI is InChI=1S/C17H15ClN2O3/c1-10-3-6-15-14(7-10)20(17(22)23-15)9-16(21)19-12-5-4-11(2)13(18)8-12/h3-8H,9H2,1-2H3,(H,19,21). The van der Waals surface area contributed by atoms with Gasteiger partial charge in [0.25, 0.3) is 0 Å². The Morgan fingerprint density at radius 1 is 1.22 bits per heavy atom. The SMILES string of the molecule is Cc1ccc2oc(=O)n(CC(=O)Nc3ccc(C)c(Cl)c3)c2c1. The molecular weight excluding hydrogens is 316 g/mol. The van der Waals surface area contributed by atoms with Crippen LogP contribution in [0.15, 0.2) is 45.6 Å². The van der Waals surface area contributed by atoms with Crippen LogP contribution in [-0.4, -0.2) is 10.5 Å². The third-order valence-electron chi connectivity index (χ3n) is 3.58. The average Bonchev–Trinajstić information content (AvgIpc) is 2.79. The summed E-state index contributed by atoms with van der Waals surface area (Å²) in [4.78, 5) is 24.1. The highest BCUT2D eigenvalue weighted by molar-refractivity contribution is 6.31. The minimum Gasteiger partial charge on any atom is -0.408 e. The molecule has 1 aromatic heterocycles. The Bertz CT molecular complexity index is 956. The number of amides is 1. The number of nitrogens with zero attached hydrogens (tertiary/aromatic N) is 1. The maximum atomic E-state index is 12.2. The molecule has 3 rings (SSSR count). The van der Waals surface area contributed by atoms with Gasteiger partial charge in [0.15, 0.2) is 5.58 Å². The summed E-state index contributed by atoms with van der Waals surface area (Å²) in [5.41, 5.74) is 3.57. The maximum absolute atomic E-state index is 12.2. The van der Waals surface area contributed by atoms with Crippen LogP contribution in [0.5, 0.6) is 0 Å². The molecule has 6 heteroatoms. The number of fused-ring (bicyclic) bond motifs is 1. The van der Waals surface area contributed by atoms with Crippen molar-refractivity contribution in [2.45, 2.75) is 20.4 Å². The molecule has 1 amide bonds. The summed E-state index contributed by atoms with van der Waals surface area (Å²) < 4.78 is 6.46. The largest absolute Gasteiger partial charge is 0.420 e. The van der Waals surface area contributed by atoms with E-state index in [1.807, 2.05) is 32.0 Å². The van der Waals surface area contributed by atoms with E-state index in [4.69, 9.17) is 16.0 Å². The molecule has 118 valence electrons. The summed E-state index contributed by atoms with van der Waals surface area (Å²) in [6.45, 7) is 3.67. The lowest BCUT2D eigenvalue weighted by Crippen LogP contribution is -2.24. The van der Waals surface area contributed by atoms with Crippen molar-refractivity contribution in [3.8, 4) is 0 Å². The van der Waals surface area contributed by atoms with Gasteiger partial charge in [0.2, 0.25) is 5.91 Å². The summed E-state index contributed by atoms with van der Waals surface area (Å²) in [5.74, 6) is -0.876. The second kappa shape index (κ2) is 5.93. The first-order valence-electron chi connectivity index (χ1n) is 7.10. The molecule has 5 nitrogen and oxygen atoms in total. The fraction of sp³-hybridized carbons (Fsp3) is 0.176. The molecule has 0 bridgehead atoms. The fourth-order valence-electron chi connectivity index (χ4n) is 2.34. The van der Waals surface area contributed by atoms with E-state index >= 15 is 0 Å². The van der Waals surface area contributed by atoms with Crippen LogP contribution in [0.2, 0.25) is 5.02 Å². The van der Waals surface area contributed by atoms with Crippen molar-refractivity contribution in [3.05, 3.63) is 63.1 Å². The van der Waals surface area contributed by atoms with E-state index in [1.54, 1.807) is 18.2 Å². The van der Waals surface area contributed by atoms with E-state index in [2.05, 4.69) is 5.32 Å². The number of carbonyl (C=O) groups excluding carboxylic acids is 1. The van der Waals surface area contributed by atoms with Gasteiger partial charge in [-0.25, -0.2) is 4.79 Å². The Balaban J connectivity index is 1.85. The fourth-order valence-corrected chi connectivity index (χ4v) is 2.52. The topological polar surface area (TPSA) is 64.2 Å². The molecule has 0 unspecified atom stereocenters. The maximum Gasteiger partial charge on any atom is 0.420 e. The zero-order valence-corrected chi connectivity index (χ0v) is 13.5. The quantitative estimate of drug-likeness (QED) is 0.799. The van der Waals surface area contributed by atoms with E-state index in [1.165, 1.54) is 4.57 Å². The zero-order valence-electron chi connectivity index (χ0n) is 12.7. The molecule has 0 saturated carbocycles. The number of aryl methyl sites for hydroxylation is 2. The summed E-state index contributed by atoms with van der Waals surface area (Å²) in [6.07, 6.45) is 0. The Labute approximate surface area is 137 Å². The first kappa shape index (κ1) is 15.4. The van der Waals surface area contributed by atoms with Gasteiger partial charge < -0.3 is 9.73 Å². The number of aromatic nitrogens is 1. The minimum absolute atomic E-state index is 0.124. The number of hydrogen-bond acceptors (Lipinski definition) is 3. The van der Waals surface area contributed by atoms with Gasteiger partial charge in [0.05, 0.1) is 5.52 Å². The lowest BCUT2D eigenvalue weighted by Gasteiger charge is -2.07. The second-order valence-electron chi connectivity index (χ2n) is 5.44. The molecule has 2 aromatic carbocycles. The highest BCUT2D eigenvalue weighted by Crippen LogP contribution is 2.20. The van der Waals surface area contributed by atoms with Gasteiger partial charge in [0, 0.05) is 10.7 Å². The summed E-state index contributed by atoms with van der Waals surface area (Å²) in [6, 6.07) is 10.6. The van der Waals surface area contributed by atoms with Crippen molar-refractivity contribution >= 4 is 34.3 Å². The van der Waals surface area contributed by atoms with Crippen LogP contribution in [-0.2, 0) is 11.3 Å². The van der Waals surface area contributed by atoms with E-state index in [-0.39, 0.29) is 12.5 Å². The van der Waals surface area contributed by atoms with Gasteiger partial charge in [-0.15, -0.1) is 0 Å². The third kappa shape index (κ3) is 3.14. The van der Waals surface area contributed by atoms with Gasteiger partial charge in [-0.05, 0) is 49.2 Å². The number of nitrogens with one attached hydrogen (secondary N) is 1. The normalized spacial score (nSPS) is 10.9. The molecule has 1 heterocycles. The molecule has 0 atom stereocenters. The number of anilines is 1. The van der Waals surface area contributed by atoms with Crippen LogP contribution in [0.25, 0.3) is 11.1 Å². The van der Waals surface area contributed by atoms with Crippen LogP contribution in [0.1, 0.15) is 11.1 Å². The number of hydrogen-bond donors (Lipinski definition) is 1. The number of carbonyl (C=O) groups is 1. The molecule has 1 N–H and O–H groups in total. The highest BCUT2D eigenvalue weighted by atomic mass is 35.5. The van der Waals surface area contributed by atoms with Gasteiger partial charge in [-0.1, -0.05) is 23.7 Å². The molecule has 0 saturated heterocycles. The van der Waals surface area contributed by atoms with Crippen molar-refractivity contribution < 1.29 is 9.21 Å². The van der Waals surface area contributed by atoms with Gasteiger partial charge >= 0.3 is 5.76 Å². The molecule has 0 aliphatic heterocycles. The third-order valence-corrected chi connectivity index (χ3v) is 3.99. The Morgan fingerprint density at radius 3 is 2.74 bits per heavy atom. The number of oxazole rings is 1. The van der Waals surface area contributed by atoms with Crippen LogP contribution < -0.4 is 11.1 Å². The molecular formula is C17H15ClN2O3. The van der Waals surface area contributed by atoms with Crippen molar-refractivity contribution in [1.29, 1.82) is 0 Å². The van der Waals surface area contributed by atoms with Crippen molar-refractivity contribution in [1.82, 2.24) is 4.57 Å². The lowest BCUT2D eigenvalue weighted by atomic mass is 10.2. The van der Waals surface area contributed by atoms with Gasteiger partial charge in [0.1, 0.15) is 6.54 Å². The molecule has 0 aliphatic carbocycles. The van der Waals surface area contributed by atoms with E-state index in [0.29, 0.717) is 21.8 Å². The Hall–Kier alpha value is -2.53. The summed E-state index contributed by atoms with van der Waals surface area (Å²) >= 11 is 6.04. The van der Waals surface area contributed by atoms with Crippen LogP contribution in [0.4, 0.5) is 5.69 Å². The summed E-state index contributed by atoms with van der Waals surface area (Å²) in [7, 11) is 0. The van der Waals surface area contributed by atoms with Gasteiger partial charge in [-0.3, -0.25) is 9.36 Å². The molecule has 3 aromatic rings. The van der Waals surface area contributed by atoms with E-state index in [9.17, 15) is 9.59 Å². The monoisotopic (exact) mass is 330 g/mol. The number of rotatable bonds is 3. The molecule has 0 fully saturated rings. The first-order chi connectivity index (χ1) is 10.9. The second-order valence-corrected chi connectivity index (χ2v) is 5.84. The predicted octanol–water partition coefficient (Wildman–Crippen LogP) is 3.50. The van der Waals surface area contributed by atoms with Crippen LogP contribution in [0, 0.1) is 13.8 Å². The molecule has 0 radical (unpaired) electrons. The van der Waals surface area contributed by atoms with Crippen molar-refractivity contribution in [3.63, 3.8) is 0 Å². The number of benzene rings is 2. The minimum atomic E-state index is -0.553. The molecule has 0 spiro atoms. The van der Waals surface area contributed by atoms with Crippen molar-refractivity contribution in [2.24, 2.45) is 0 Å². The van der Waals surface area contributed by atoms with E-state index in [0.717, 1.165) is 11.1 Å². The van der Waals surface area contributed by atoms with Gasteiger partial charge in [-0.2, -0.15) is 0 Å². The van der Waals surface area contributed by atoms with Crippen LogP contribution >= 0.6 is 11.6 Å². The lowest BCUT2D eigenvalue weighted by molar-refractivity contribution is -0.116. The predicted molar refractivity (Wildman–Crippen MR) is 90.0 cm³/mol. The Morgan fingerprint density at radius 2 is 2.00 bits per heavy atom. The van der Waals surface area contributed by atoms with Crippen LogP contribution in [0.3, 0.4) is 0 Å².